The molecule has 0 saturated heterocycles. The summed E-state index contributed by atoms with van der Waals surface area (Å²) in [5.74, 6) is 1.08. The number of halogens is 1. The van der Waals surface area contributed by atoms with E-state index in [-0.39, 0.29) is 12.2 Å². The maximum absolute atomic E-state index is 12.4. The topological polar surface area (TPSA) is 38.7 Å². The minimum Gasteiger partial charge on any atom is -0.497 e. The van der Waals surface area contributed by atoms with E-state index in [1.54, 1.807) is 18.2 Å². The summed E-state index contributed by atoms with van der Waals surface area (Å²) in [4.78, 5) is 0. The number of rotatable bonds is 4. The smallest absolute Gasteiger partial charge is 0.130 e. The van der Waals surface area contributed by atoms with Crippen molar-refractivity contribution in [1.29, 1.82) is 0 Å². The lowest BCUT2D eigenvalue weighted by atomic mass is 10.1. The third kappa shape index (κ3) is 2.47. The van der Waals surface area contributed by atoms with Gasteiger partial charge in [0, 0.05) is 17.2 Å². The molecule has 4 heteroatoms. The first-order valence-corrected chi connectivity index (χ1v) is 4.39. The van der Waals surface area contributed by atoms with E-state index in [9.17, 15) is 4.39 Å². The van der Waals surface area contributed by atoms with Crippen molar-refractivity contribution in [1.82, 2.24) is 0 Å². The Morgan fingerprint density at radius 2 is 2.13 bits per heavy atom. The largest absolute Gasteiger partial charge is 0.497 e. The Balaban J connectivity index is 3.18. The van der Waals surface area contributed by atoms with E-state index in [2.05, 4.69) is 0 Å². The molecule has 0 amide bonds. The SMILES string of the molecule is COc1ccc(C(=CF)CO)c(OC)c1. The van der Waals surface area contributed by atoms with Crippen LogP contribution in [-0.2, 0) is 0 Å². The van der Waals surface area contributed by atoms with Crippen molar-refractivity contribution < 1.29 is 19.0 Å². The van der Waals surface area contributed by atoms with Gasteiger partial charge in [0.25, 0.3) is 0 Å². The van der Waals surface area contributed by atoms with Gasteiger partial charge < -0.3 is 14.6 Å². The second-order valence-electron chi connectivity index (χ2n) is 2.86. The second kappa shape index (κ2) is 5.36. The molecule has 0 heterocycles. The summed E-state index contributed by atoms with van der Waals surface area (Å²) >= 11 is 0. The Morgan fingerprint density at radius 3 is 2.60 bits per heavy atom. The number of aliphatic hydroxyl groups is 1. The van der Waals surface area contributed by atoms with E-state index in [1.807, 2.05) is 0 Å². The predicted octanol–water partition coefficient (Wildman–Crippen LogP) is 2.01. The molecule has 1 aromatic rings. The molecule has 0 aliphatic carbocycles. The Hall–Kier alpha value is -1.55. The van der Waals surface area contributed by atoms with Crippen molar-refractivity contribution in [2.45, 2.75) is 0 Å². The Kier molecular flexibility index (Phi) is 4.12. The summed E-state index contributed by atoms with van der Waals surface area (Å²) in [6.07, 6.45) is 0.365. The minimum absolute atomic E-state index is 0.175. The first-order valence-electron chi connectivity index (χ1n) is 4.39. The Bertz CT molecular complexity index is 361. The zero-order valence-electron chi connectivity index (χ0n) is 8.66. The van der Waals surface area contributed by atoms with E-state index in [4.69, 9.17) is 14.6 Å². The lowest BCUT2D eigenvalue weighted by Crippen LogP contribution is -1.95. The van der Waals surface area contributed by atoms with Crippen LogP contribution in [0.1, 0.15) is 5.56 Å². The van der Waals surface area contributed by atoms with Crippen molar-refractivity contribution >= 4 is 5.57 Å². The molecular weight excluding hydrogens is 199 g/mol. The molecule has 0 fully saturated rings. The first kappa shape index (κ1) is 11.5. The zero-order valence-corrected chi connectivity index (χ0v) is 8.66. The van der Waals surface area contributed by atoms with E-state index in [1.165, 1.54) is 14.2 Å². The lowest BCUT2D eigenvalue weighted by Gasteiger charge is -2.10. The highest BCUT2D eigenvalue weighted by Crippen LogP contribution is 2.29. The molecule has 0 aliphatic heterocycles. The number of aliphatic hydroxyl groups excluding tert-OH is 1. The van der Waals surface area contributed by atoms with Crippen LogP contribution in [0.4, 0.5) is 4.39 Å². The van der Waals surface area contributed by atoms with E-state index >= 15 is 0 Å². The summed E-state index contributed by atoms with van der Waals surface area (Å²) < 4.78 is 22.5. The van der Waals surface area contributed by atoms with Gasteiger partial charge in [-0.2, -0.15) is 0 Å². The van der Waals surface area contributed by atoms with Crippen LogP contribution in [0, 0.1) is 0 Å². The molecule has 0 unspecified atom stereocenters. The summed E-state index contributed by atoms with van der Waals surface area (Å²) in [7, 11) is 3.01. The molecular formula is C11H13FO3. The minimum atomic E-state index is -0.376. The number of hydrogen-bond donors (Lipinski definition) is 1. The molecule has 0 aliphatic rings. The fraction of sp³-hybridized carbons (Fsp3) is 0.273. The van der Waals surface area contributed by atoms with Crippen molar-refractivity contribution in [2.75, 3.05) is 20.8 Å². The zero-order chi connectivity index (χ0) is 11.3. The third-order valence-corrected chi connectivity index (χ3v) is 2.06. The molecule has 0 radical (unpaired) electrons. The van der Waals surface area contributed by atoms with Gasteiger partial charge in [-0.15, -0.1) is 0 Å². The molecule has 0 spiro atoms. The van der Waals surface area contributed by atoms with Gasteiger partial charge in [-0.25, -0.2) is 4.39 Å². The quantitative estimate of drug-likeness (QED) is 0.829. The fourth-order valence-corrected chi connectivity index (χ4v) is 1.24. The summed E-state index contributed by atoms with van der Waals surface area (Å²) in [5.41, 5.74) is 0.692. The monoisotopic (exact) mass is 212 g/mol. The number of benzene rings is 1. The molecule has 3 nitrogen and oxygen atoms in total. The van der Waals surface area contributed by atoms with Crippen LogP contribution >= 0.6 is 0 Å². The van der Waals surface area contributed by atoms with Crippen molar-refractivity contribution in [2.24, 2.45) is 0 Å². The highest BCUT2D eigenvalue weighted by molar-refractivity contribution is 5.71. The molecule has 0 saturated carbocycles. The summed E-state index contributed by atoms with van der Waals surface area (Å²) in [6.45, 7) is -0.376. The molecule has 1 rings (SSSR count). The van der Waals surface area contributed by atoms with E-state index < -0.39 is 0 Å². The van der Waals surface area contributed by atoms with Gasteiger partial charge in [0.2, 0.25) is 0 Å². The lowest BCUT2D eigenvalue weighted by molar-refractivity contribution is 0.347. The van der Waals surface area contributed by atoms with Gasteiger partial charge in [0.1, 0.15) is 11.5 Å². The first-order chi connectivity index (χ1) is 7.26. The molecule has 0 bridgehead atoms. The highest BCUT2D eigenvalue weighted by Gasteiger charge is 2.09. The molecule has 0 aromatic heterocycles. The maximum Gasteiger partial charge on any atom is 0.130 e. The van der Waals surface area contributed by atoms with Crippen LogP contribution in [0.15, 0.2) is 24.5 Å². The molecule has 82 valence electrons. The molecule has 1 aromatic carbocycles. The van der Waals surface area contributed by atoms with E-state index in [0.29, 0.717) is 23.4 Å². The average Bonchev–Trinajstić information content (AvgIpc) is 2.31. The average molecular weight is 212 g/mol. The van der Waals surface area contributed by atoms with Crippen LogP contribution in [0.25, 0.3) is 5.57 Å². The fourth-order valence-electron chi connectivity index (χ4n) is 1.24. The van der Waals surface area contributed by atoms with Crippen LogP contribution in [0.2, 0.25) is 0 Å². The van der Waals surface area contributed by atoms with Gasteiger partial charge in [0.15, 0.2) is 0 Å². The normalized spacial score (nSPS) is 11.3. The predicted molar refractivity (Wildman–Crippen MR) is 55.7 cm³/mol. The van der Waals surface area contributed by atoms with Gasteiger partial charge >= 0.3 is 0 Å². The highest BCUT2D eigenvalue weighted by atomic mass is 19.1. The van der Waals surface area contributed by atoms with Gasteiger partial charge in [-0.3, -0.25) is 0 Å². The molecule has 15 heavy (non-hydrogen) atoms. The van der Waals surface area contributed by atoms with Crippen molar-refractivity contribution in [3.05, 3.63) is 30.1 Å². The maximum atomic E-state index is 12.4. The van der Waals surface area contributed by atoms with Crippen LogP contribution in [0.3, 0.4) is 0 Å². The Morgan fingerprint density at radius 1 is 1.40 bits per heavy atom. The van der Waals surface area contributed by atoms with Gasteiger partial charge in [-0.1, -0.05) is 0 Å². The van der Waals surface area contributed by atoms with Crippen LogP contribution in [0.5, 0.6) is 11.5 Å². The number of ether oxygens (including phenoxy) is 2. The molecule has 0 atom stereocenters. The summed E-state index contributed by atoms with van der Waals surface area (Å²) in [5, 5.41) is 8.93. The van der Waals surface area contributed by atoms with Crippen LogP contribution in [-0.4, -0.2) is 25.9 Å². The van der Waals surface area contributed by atoms with Crippen LogP contribution < -0.4 is 9.47 Å². The standard InChI is InChI=1S/C11H13FO3/c1-14-9-3-4-10(8(6-12)7-13)11(5-9)15-2/h3-6,13H,7H2,1-2H3. The summed E-state index contributed by atoms with van der Waals surface area (Å²) in [6, 6.07) is 4.95. The van der Waals surface area contributed by atoms with Gasteiger partial charge in [0.05, 0.1) is 27.2 Å². The third-order valence-electron chi connectivity index (χ3n) is 2.06. The number of hydrogen-bond acceptors (Lipinski definition) is 3. The number of methoxy groups -OCH3 is 2. The van der Waals surface area contributed by atoms with E-state index in [0.717, 1.165) is 0 Å². The van der Waals surface area contributed by atoms with Gasteiger partial charge in [-0.05, 0) is 12.1 Å². The van der Waals surface area contributed by atoms with Crippen molar-refractivity contribution in [3.8, 4) is 11.5 Å². The van der Waals surface area contributed by atoms with Crippen molar-refractivity contribution in [3.63, 3.8) is 0 Å². The Labute approximate surface area is 87.8 Å². The molecule has 1 N–H and O–H groups in total. The second-order valence-corrected chi connectivity index (χ2v) is 2.86.